The number of benzene rings is 1. The van der Waals surface area contributed by atoms with Crippen LogP contribution in [0, 0.1) is 6.92 Å². The summed E-state index contributed by atoms with van der Waals surface area (Å²) < 4.78 is 0. The number of nitrogens with zero attached hydrogens (tertiary/aromatic N) is 1. The molecule has 1 fully saturated rings. The van der Waals surface area contributed by atoms with Crippen LogP contribution in [0.25, 0.3) is 0 Å². The first-order valence-corrected chi connectivity index (χ1v) is 6.26. The van der Waals surface area contributed by atoms with E-state index >= 15 is 0 Å². The molecular formula is C14H20N2O. The van der Waals surface area contributed by atoms with Crippen molar-refractivity contribution in [3.63, 3.8) is 0 Å². The molecule has 3 nitrogen and oxygen atoms in total. The molecule has 1 aliphatic rings. The molecule has 1 amide bonds. The minimum atomic E-state index is 0.215. The highest BCUT2D eigenvalue weighted by molar-refractivity contribution is 5.79. The summed E-state index contributed by atoms with van der Waals surface area (Å²) in [6.07, 6.45) is 2.78. The highest BCUT2D eigenvalue weighted by atomic mass is 16.2. The fourth-order valence-corrected chi connectivity index (χ4v) is 2.11. The summed E-state index contributed by atoms with van der Waals surface area (Å²) in [6, 6.07) is 8.52. The van der Waals surface area contributed by atoms with E-state index in [4.69, 9.17) is 5.73 Å². The summed E-state index contributed by atoms with van der Waals surface area (Å²) in [7, 11) is 0. The van der Waals surface area contributed by atoms with Crippen molar-refractivity contribution in [3.8, 4) is 0 Å². The standard InChI is InChI=1S/C14H20N2O/c1-11-4-2-3-5-12(11)10-14(17)16(9-8-15)13-6-7-13/h2-5,13H,6-10,15H2,1H3. The predicted octanol–water partition coefficient (Wildman–Crippen LogP) is 1.49. The molecule has 1 aromatic rings. The smallest absolute Gasteiger partial charge is 0.227 e. The first-order chi connectivity index (χ1) is 8.22. The molecule has 1 saturated carbocycles. The van der Waals surface area contributed by atoms with Gasteiger partial charge in [-0.2, -0.15) is 0 Å². The monoisotopic (exact) mass is 232 g/mol. The first kappa shape index (κ1) is 12.1. The lowest BCUT2D eigenvalue weighted by atomic mass is 10.1. The van der Waals surface area contributed by atoms with Crippen molar-refractivity contribution >= 4 is 5.91 Å². The highest BCUT2D eigenvalue weighted by Gasteiger charge is 2.31. The Labute approximate surface area is 103 Å². The molecule has 17 heavy (non-hydrogen) atoms. The lowest BCUT2D eigenvalue weighted by Crippen LogP contribution is -2.38. The molecule has 0 radical (unpaired) electrons. The molecule has 1 aliphatic carbocycles. The molecule has 3 heteroatoms. The van der Waals surface area contributed by atoms with Crippen LogP contribution >= 0.6 is 0 Å². The molecule has 0 bridgehead atoms. The van der Waals surface area contributed by atoms with Crippen LogP contribution in [-0.4, -0.2) is 29.9 Å². The topological polar surface area (TPSA) is 46.3 Å². The summed E-state index contributed by atoms with van der Waals surface area (Å²) in [6.45, 7) is 3.29. The molecule has 2 N–H and O–H groups in total. The molecule has 0 saturated heterocycles. The van der Waals surface area contributed by atoms with Crippen LogP contribution in [0.3, 0.4) is 0 Å². The van der Waals surface area contributed by atoms with Crippen molar-refractivity contribution in [2.24, 2.45) is 5.73 Å². The van der Waals surface area contributed by atoms with Gasteiger partial charge in [0.1, 0.15) is 0 Å². The zero-order chi connectivity index (χ0) is 12.3. The maximum atomic E-state index is 12.2. The molecule has 2 rings (SSSR count). The Kier molecular flexibility index (Phi) is 3.79. The van der Waals surface area contributed by atoms with Gasteiger partial charge >= 0.3 is 0 Å². The quantitative estimate of drug-likeness (QED) is 0.836. The lowest BCUT2D eigenvalue weighted by Gasteiger charge is -2.22. The molecule has 92 valence electrons. The average Bonchev–Trinajstić information content (AvgIpc) is 3.13. The van der Waals surface area contributed by atoms with Crippen LogP contribution in [0.1, 0.15) is 24.0 Å². The van der Waals surface area contributed by atoms with E-state index in [1.165, 1.54) is 5.56 Å². The van der Waals surface area contributed by atoms with E-state index in [0.29, 0.717) is 25.6 Å². The van der Waals surface area contributed by atoms with Gasteiger partial charge in [0.15, 0.2) is 0 Å². The van der Waals surface area contributed by atoms with Gasteiger partial charge in [-0.1, -0.05) is 24.3 Å². The summed E-state index contributed by atoms with van der Waals surface area (Å²) in [5.74, 6) is 0.215. The second-order valence-corrected chi connectivity index (χ2v) is 4.71. The molecule has 0 unspecified atom stereocenters. The first-order valence-electron chi connectivity index (χ1n) is 6.26. The van der Waals surface area contributed by atoms with Gasteiger partial charge in [0.2, 0.25) is 5.91 Å². The molecule has 0 aromatic heterocycles. The number of amides is 1. The van der Waals surface area contributed by atoms with E-state index in [1.54, 1.807) is 0 Å². The van der Waals surface area contributed by atoms with E-state index in [1.807, 2.05) is 36.1 Å². The van der Waals surface area contributed by atoms with Crippen LogP contribution in [0.2, 0.25) is 0 Å². The SMILES string of the molecule is Cc1ccccc1CC(=O)N(CCN)C1CC1. The van der Waals surface area contributed by atoms with E-state index < -0.39 is 0 Å². The summed E-state index contributed by atoms with van der Waals surface area (Å²) >= 11 is 0. The van der Waals surface area contributed by atoms with E-state index in [9.17, 15) is 4.79 Å². The zero-order valence-electron chi connectivity index (χ0n) is 10.4. The van der Waals surface area contributed by atoms with Gasteiger partial charge < -0.3 is 10.6 Å². The van der Waals surface area contributed by atoms with Crippen molar-refractivity contribution in [1.82, 2.24) is 4.90 Å². The van der Waals surface area contributed by atoms with Gasteiger partial charge in [-0.15, -0.1) is 0 Å². The van der Waals surface area contributed by atoms with E-state index in [-0.39, 0.29) is 5.91 Å². The second kappa shape index (κ2) is 5.32. The molecule has 0 aliphatic heterocycles. The normalized spacial score (nSPS) is 14.7. The third kappa shape index (κ3) is 3.07. The zero-order valence-corrected chi connectivity index (χ0v) is 10.4. The fourth-order valence-electron chi connectivity index (χ4n) is 2.11. The Hall–Kier alpha value is -1.35. The minimum absolute atomic E-state index is 0.215. The van der Waals surface area contributed by atoms with Gasteiger partial charge in [0.05, 0.1) is 6.42 Å². The number of carbonyl (C=O) groups is 1. The number of nitrogens with two attached hydrogens (primary N) is 1. The third-order valence-electron chi connectivity index (χ3n) is 3.28. The van der Waals surface area contributed by atoms with Gasteiger partial charge in [0.25, 0.3) is 0 Å². The van der Waals surface area contributed by atoms with Gasteiger partial charge in [-0.25, -0.2) is 0 Å². The summed E-state index contributed by atoms with van der Waals surface area (Å²) in [5.41, 5.74) is 7.87. The average molecular weight is 232 g/mol. The molecule has 1 aromatic carbocycles. The van der Waals surface area contributed by atoms with E-state index in [2.05, 4.69) is 0 Å². The van der Waals surface area contributed by atoms with Crippen LogP contribution in [-0.2, 0) is 11.2 Å². The Morgan fingerprint density at radius 3 is 2.71 bits per heavy atom. The Morgan fingerprint density at radius 2 is 2.12 bits per heavy atom. The number of carbonyl (C=O) groups excluding carboxylic acids is 1. The molecular weight excluding hydrogens is 212 g/mol. The fraction of sp³-hybridized carbons (Fsp3) is 0.500. The highest BCUT2D eigenvalue weighted by Crippen LogP contribution is 2.27. The largest absolute Gasteiger partial charge is 0.338 e. The maximum Gasteiger partial charge on any atom is 0.227 e. The number of hydrogen-bond donors (Lipinski definition) is 1. The van der Waals surface area contributed by atoms with Crippen molar-refractivity contribution in [2.45, 2.75) is 32.2 Å². The van der Waals surface area contributed by atoms with Crippen molar-refractivity contribution in [3.05, 3.63) is 35.4 Å². The molecule has 0 atom stereocenters. The number of aryl methyl sites for hydroxylation is 1. The van der Waals surface area contributed by atoms with Crippen molar-refractivity contribution in [2.75, 3.05) is 13.1 Å². The number of rotatable bonds is 5. The van der Waals surface area contributed by atoms with Gasteiger partial charge in [-0.05, 0) is 30.9 Å². The lowest BCUT2D eigenvalue weighted by molar-refractivity contribution is -0.130. The van der Waals surface area contributed by atoms with Gasteiger partial charge in [-0.3, -0.25) is 4.79 Å². The molecule has 0 heterocycles. The predicted molar refractivity (Wildman–Crippen MR) is 68.7 cm³/mol. The Morgan fingerprint density at radius 1 is 1.41 bits per heavy atom. The minimum Gasteiger partial charge on any atom is -0.338 e. The molecule has 0 spiro atoms. The summed E-state index contributed by atoms with van der Waals surface area (Å²) in [5, 5.41) is 0. The van der Waals surface area contributed by atoms with Gasteiger partial charge in [0, 0.05) is 19.1 Å². The third-order valence-corrected chi connectivity index (χ3v) is 3.28. The van der Waals surface area contributed by atoms with E-state index in [0.717, 1.165) is 18.4 Å². The maximum absolute atomic E-state index is 12.2. The van der Waals surface area contributed by atoms with Crippen LogP contribution in [0.4, 0.5) is 0 Å². The van der Waals surface area contributed by atoms with Crippen LogP contribution < -0.4 is 5.73 Å². The van der Waals surface area contributed by atoms with Crippen molar-refractivity contribution in [1.29, 1.82) is 0 Å². The van der Waals surface area contributed by atoms with Crippen LogP contribution in [0.15, 0.2) is 24.3 Å². The Bertz CT molecular complexity index is 399. The number of hydrogen-bond acceptors (Lipinski definition) is 2. The Balaban J connectivity index is 2.02. The van der Waals surface area contributed by atoms with Crippen LogP contribution in [0.5, 0.6) is 0 Å². The summed E-state index contributed by atoms with van der Waals surface area (Å²) in [4.78, 5) is 14.2. The van der Waals surface area contributed by atoms with Crippen molar-refractivity contribution < 1.29 is 4.79 Å². The second-order valence-electron chi connectivity index (χ2n) is 4.71.